The molecule has 0 spiro atoms. The summed E-state index contributed by atoms with van der Waals surface area (Å²) < 4.78 is 1.94. The van der Waals surface area contributed by atoms with E-state index < -0.39 is 0 Å². The molecule has 0 aliphatic heterocycles. The minimum Gasteiger partial charge on any atom is -0.253 e. The van der Waals surface area contributed by atoms with Crippen LogP contribution in [0.2, 0.25) is 0 Å². The summed E-state index contributed by atoms with van der Waals surface area (Å²) in [6.07, 6.45) is 4.05. The Bertz CT molecular complexity index is 1120. The zero-order valence-corrected chi connectivity index (χ0v) is 14.7. The molecule has 5 rings (SSSR count). The van der Waals surface area contributed by atoms with Crippen LogP contribution >= 0.6 is 0 Å². The number of nitrogens with zero attached hydrogens (tertiary/aromatic N) is 3. The van der Waals surface area contributed by atoms with Crippen molar-refractivity contribution >= 4 is 10.9 Å². The Kier molecular flexibility index (Phi) is 3.76. The van der Waals surface area contributed by atoms with Crippen molar-refractivity contribution in [3.8, 4) is 28.1 Å². The van der Waals surface area contributed by atoms with Gasteiger partial charge in [0.15, 0.2) is 0 Å². The summed E-state index contributed by atoms with van der Waals surface area (Å²) in [7, 11) is 0. The highest BCUT2D eigenvalue weighted by atomic mass is 15.3. The van der Waals surface area contributed by atoms with Gasteiger partial charge in [0.25, 0.3) is 0 Å². The fourth-order valence-corrected chi connectivity index (χ4v) is 3.37. The Morgan fingerprint density at radius 3 is 1.89 bits per heavy atom. The van der Waals surface area contributed by atoms with Gasteiger partial charge in [-0.1, -0.05) is 78.9 Å². The number of pyridine rings is 1. The lowest BCUT2D eigenvalue weighted by molar-refractivity contribution is 0.896. The largest absolute Gasteiger partial charge is 0.253 e. The van der Waals surface area contributed by atoms with E-state index in [1.807, 2.05) is 65.5 Å². The van der Waals surface area contributed by atoms with Crippen molar-refractivity contribution in [1.82, 2.24) is 14.8 Å². The lowest BCUT2D eigenvalue weighted by atomic mass is 10.0. The van der Waals surface area contributed by atoms with E-state index >= 15 is 0 Å². The molecule has 0 bridgehead atoms. The van der Waals surface area contributed by atoms with Crippen LogP contribution in [0.15, 0.2) is 103 Å². The third kappa shape index (κ3) is 2.79. The van der Waals surface area contributed by atoms with Crippen molar-refractivity contribution in [3.63, 3.8) is 0 Å². The second-order valence-corrected chi connectivity index (χ2v) is 6.42. The minimum atomic E-state index is 0.903. The summed E-state index contributed by atoms with van der Waals surface area (Å²) in [5, 5.41) is 6.00. The van der Waals surface area contributed by atoms with Crippen LogP contribution in [0.25, 0.3) is 39.0 Å². The number of hydrogen-bond donors (Lipinski definition) is 0. The molecule has 128 valence electrons. The van der Waals surface area contributed by atoms with Gasteiger partial charge in [0.1, 0.15) is 5.52 Å². The molecule has 27 heavy (non-hydrogen) atoms. The second kappa shape index (κ2) is 6.54. The molecule has 2 heterocycles. The van der Waals surface area contributed by atoms with Gasteiger partial charge in [0.05, 0.1) is 11.4 Å². The van der Waals surface area contributed by atoms with Crippen molar-refractivity contribution in [2.75, 3.05) is 0 Å². The van der Waals surface area contributed by atoms with Crippen LogP contribution < -0.4 is 0 Å². The van der Waals surface area contributed by atoms with E-state index in [1.54, 1.807) is 0 Å². The predicted molar refractivity (Wildman–Crippen MR) is 110 cm³/mol. The van der Waals surface area contributed by atoms with Gasteiger partial charge in [0.2, 0.25) is 0 Å². The quantitative estimate of drug-likeness (QED) is 0.416. The van der Waals surface area contributed by atoms with Gasteiger partial charge >= 0.3 is 0 Å². The average molecular weight is 347 g/mol. The maximum absolute atomic E-state index is 4.90. The van der Waals surface area contributed by atoms with Gasteiger partial charge in [0, 0.05) is 28.9 Å². The first-order valence-corrected chi connectivity index (χ1v) is 8.95. The summed E-state index contributed by atoms with van der Waals surface area (Å²) in [6, 6.07) is 30.8. The summed E-state index contributed by atoms with van der Waals surface area (Å²) in [4.78, 5) is 4.78. The van der Waals surface area contributed by atoms with Crippen LogP contribution in [-0.4, -0.2) is 14.8 Å². The number of benzene rings is 3. The fourth-order valence-electron chi connectivity index (χ4n) is 3.37. The van der Waals surface area contributed by atoms with Crippen LogP contribution in [-0.2, 0) is 0 Å². The second-order valence-electron chi connectivity index (χ2n) is 6.42. The Labute approximate surface area is 157 Å². The van der Waals surface area contributed by atoms with Crippen LogP contribution in [0.4, 0.5) is 0 Å². The van der Waals surface area contributed by atoms with Crippen LogP contribution in [0.1, 0.15) is 0 Å². The first-order valence-electron chi connectivity index (χ1n) is 8.95. The van der Waals surface area contributed by atoms with Crippen molar-refractivity contribution in [3.05, 3.63) is 103 Å². The van der Waals surface area contributed by atoms with Gasteiger partial charge < -0.3 is 0 Å². The fraction of sp³-hybridized carbons (Fsp3) is 0. The third-order valence-corrected chi connectivity index (χ3v) is 4.70. The van der Waals surface area contributed by atoms with Gasteiger partial charge in [-0.2, -0.15) is 5.10 Å². The zero-order valence-electron chi connectivity index (χ0n) is 14.7. The van der Waals surface area contributed by atoms with Gasteiger partial charge in [-0.25, -0.2) is 4.68 Å². The van der Waals surface area contributed by atoms with Crippen molar-refractivity contribution in [1.29, 1.82) is 0 Å². The Balaban J connectivity index is 1.80. The Morgan fingerprint density at radius 1 is 0.630 bits per heavy atom. The van der Waals surface area contributed by atoms with Gasteiger partial charge in [-0.05, 0) is 17.7 Å². The molecule has 0 saturated carbocycles. The first-order chi connectivity index (χ1) is 13.4. The molecular weight excluding hydrogens is 330 g/mol. The van der Waals surface area contributed by atoms with Gasteiger partial charge in [-0.3, -0.25) is 4.98 Å². The molecule has 0 atom stereocenters. The summed E-state index contributed by atoms with van der Waals surface area (Å²) >= 11 is 0. The molecular formula is C24H17N3. The molecule has 0 fully saturated rings. The number of para-hydroxylation sites is 1. The van der Waals surface area contributed by atoms with Crippen molar-refractivity contribution in [2.24, 2.45) is 0 Å². The topological polar surface area (TPSA) is 30.7 Å². The third-order valence-electron chi connectivity index (χ3n) is 4.70. The van der Waals surface area contributed by atoms with E-state index in [4.69, 9.17) is 10.1 Å². The van der Waals surface area contributed by atoms with E-state index in [0.717, 1.165) is 39.0 Å². The van der Waals surface area contributed by atoms with Crippen LogP contribution in [0.5, 0.6) is 0 Å². The monoisotopic (exact) mass is 347 g/mol. The number of fused-ring (bicyclic) bond motifs is 1. The maximum atomic E-state index is 4.90. The van der Waals surface area contributed by atoms with E-state index in [-0.39, 0.29) is 0 Å². The Morgan fingerprint density at radius 2 is 1.22 bits per heavy atom. The Hall–Kier alpha value is -3.72. The summed E-state index contributed by atoms with van der Waals surface area (Å²) in [6.45, 7) is 0. The van der Waals surface area contributed by atoms with Crippen LogP contribution in [0.3, 0.4) is 0 Å². The molecule has 0 radical (unpaired) electrons. The smallest absolute Gasteiger partial charge is 0.120 e. The minimum absolute atomic E-state index is 0.903. The summed E-state index contributed by atoms with van der Waals surface area (Å²) in [5.41, 5.74) is 6.15. The normalized spacial score (nSPS) is 11.0. The molecule has 3 nitrogen and oxygen atoms in total. The molecule has 0 amide bonds. The van der Waals surface area contributed by atoms with E-state index in [0.29, 0.717) is 0 Å². The zero-order chi connectivity index (χ0) is 18.1. The van der Waals surface area contributed by atoms with E-state index in [9.17, 15) is 0 Å². The highest BCUT2D eigenvalue weighted by Crippen LogP contribution is 2.33. The predicted octanol–water partition coefficient (Wildman–Crippen LogP) is 5.75. The highest BCUT2D eigenvalue weighted by molar-refractivity contribution is 6.00. The van der Waals surface area contributed by atoms with Crippen molar-refractivity contribution < 1.29 is 0 Å². The summed E-state index contributed by atoms with van der Waals surface area (Å²) in [5.74, 6) is 0. The molecule has 5 aromatic rings. The maximum Gasteiger partial charge on any atom is 0.120 e. The van der Waals surface area contributed by atoms with Crippen LogP contribution in [0, 0.1) is 0 Å². The lowest BCUT2D eigenvalue weighted by Gasteiger charge is -2.06. The molecule has 2 aromatic heterocycles. The molecule has 0 aliphatic rings. The molecule has 3 heteroatoms. The first kappa shape index (κ1) is 15.5. The average Bonchev–Trinajstić information content (AvgIpc) is 3.20. The highest BCUT2D eigenvalue weighted by Gasteiger charge is 2.15. The van der Waals surface area contributed by atoms with E-state index in [2.05, 4.69) is 42.6 Å². The number of aromatic nitrogens is 3. The SMILES string of the molecule is c1ccc(-c2cnc(-c3ccccc3)c3nn(-c4ccccc4)cc23)cc1. The standard InChI is InChI=1S/C24H17N3/c1-4-10-18(11-5-1)21-16-25-23(19-12-6-2-7-13-19)24-22(21)17-27(26-24)20-14-8-3-9-15-20/h1-17H. The molecule has 0 unspecified atom stereocenters. The molecule has 0 saturated heterocycles. The van der Waals surface area contributed by atoms with E-state index in [1.165, 1.54) is 0 Å². The molecule has 0 N–H and O–H groups in total. The molecule has 0 aliphatic carbocycles. The number of hydrogen-bond acceptors (Lipinski definition) is 2. The molecule has 3 aromatic carbocycles. The number of rotatable bonds is 3. The van der Waals surface area contributed by atoms with Crippen molar-refractivity contribution in [2.45, 2.75) is 0 Å². The lowest BCUT2D eigenvalue weighted by Crippen LogP contribution is -1.93. The van der Waals surface area contributed by atoms with Gasteiger partial charge in [-0.15, -0.1) is 0 Å².